The summed E-state index contributed by atoms with van der Waals surface area (Å²) in [6.07, 6.45) is 23.5. The zero-order valence-corrected chi connectivity index (χ0v) is 34.9. The molecule has 1 fully saturated rings. The van der Waals surface area contributed by atoms with Gasteiger partial charge in [-0.15, -0.1) is 0 Å². The molecule has 6 N–H and O–H groups in total. The van der Waals surface area contributed by atoms with Crippen LogP contribution in [0.2, 0.25) is 0 Å². The second kappa shape index (κ2) is 32.5. The SMILES string of the molecule is CCCCCCCC/C=C\CCCCCCCCCCCCCCCCCCCC(=O)OC[C@H](O)COP(=O)(O)OC1C(O)C(O)C(O)C(O)C1OC(C)=O. The average Bonchev–Trinajstić information content (AvgIpc) is 3.15. The van der Waals surface area contributed by atoms with Crippen molar-refractivity contribution in [1.29, 1.82) is 0 Å². The Bertz CT molecular complexity index is 1040. The summed E-state index contributed by atoms with van der Waals surface area (Å²) in [7, 11) is -5.07. The fourth-order valence-corrected chi connectivity index (χ4v) is 7.74. The highest BCUT2D eigenvalue weighted by Crippen LogP contribution is 2.47. The van der Waals surface area contributed by atoms with Gasteiger partial charge in [-0.1, -0.05) is 147 Å². The third kappa shape index (κ3) is 26.3. The smallest absolute Gasteiger partial charge is 0.463 e. The number of rotatable bonds is 35. The molecule has 14 heteroatoms. The Morgan fingerprint density at radius 3 is 1.44 bits per heavy atom. The molecule has 1 aliphatic rings. The summed E-state index contributed by atoms with van der Waals surface area (Å²) in [5.74, 6) is -1.47. The minimum absolute atomic E-state index is 0.180. The molecule has 324 valence electrons. The molecule has 1 saturated carbocycles. The summed E-state index contributed by atoms with van der Waals surface area (Å²) < 4.78 is 31.8. The molecule has 0 aromatic heterocycles. The molecule has 0 aromatic carbocycles. The number of hydrogen-bond acceptors (Lipinski definition) is 12. The number of aliphatic hydroxyl groups is 5. The van der Waals surface area contributed by atoms with Crippen LogP contribution in [0.3, 0.4) is 0 Å². The summed E-state index contributed by atoms with van der Waals surface area (Å²) in [6, 6.07) is 0. The van der Waals surface area contributed by atoms with Crippen molar-refractivity contribution in [3.63, 3.8) is 0 Å². The maximum absolute atomic E-state index is 12.4. The first-order chi connectivity index (χ1) is 26.4. The molecule has 0 aromatic rings. The summed E-state index contributed by atoms with van der Waals surface area (Å²) in [5, 5.41) is 50.2. The first-order valence-electron chi connectivity index (χ1n) is 21.4. The van der Waals surface area contributed by atoms with Crippen LogP contribution in [0.1, 0.15) is 181 Å². The quantitative estimate of drug-likeness (QED) is 0.0159. The highest BCUT2D eigenvalue weighted by molar-refractivity contribution is 7.47. The van der Waals surface area contributed by atoms with Crippen LogP contribution in [-0.2, 0) is 32.7 Å². The Kier molecular flexibility index (Phi) is 30.5. The van der Waals surface area contributed by atoms with E-state index < -0.39 is 75.7 Å². The Balaban J connectivity index is 1.95. The van der Waals surface area contributed by atoms with E-state index in [2.05, 4.69) is 19.1 Å². The third-order valence-corrected chi connectivity index (χ3v) is 11.1. The number of phosphoric acid groups is 1. The van der Waals surface area contributed by atoms with Crippen LogP contribution in [-0.4, -0.2) is 98.3 Å². The van der Waals surface area contributed by atoms with E-state index in [0.29, 0.717) is 6.42 Å². The number of ether oxygens (including phenoxy) is 2. The lowest BCUT2D eigenvalue weighted by Crippen LogP contribution is -2.65. The number of esters is 2. The van der Waals surface area contributed by atoms with Crippen molar-refractivity contribution in [3.8, 4) is 0 Å². The van der Waals surface area contributed by atoms with E-state index in [0.717, 1.165) is 26.2 Å². The van der Waals surface area contributed by atoms with Crippen LogP contribution < -0.4 is 0 Å². The van der Waals surface area contributed by atoms with E-state index in [9.17, 15) is 44.6 Å². The van der Waals surface area contributed by atoms with Crippen molar-refractivity contribution in [2.45, 2.75) is 224 Å². The Labute approximate surface area is 331 Å². The summed E-state index contributed by atoms with van der Waals surface area (Å²) >= 11 is 0. The number of hydrogen-bond donors (Lipinski definition) is 6. The van der Waals surface area contributed by atoms with Gasteiger partial charge in [-0.05, 0) is 32.1 Å². The van der Waals surface area contributed by atoms with Crippen molar-refractivity contribution in [2.24, 2.45) is 0 Å². The van der Waals surface area contributed by atoms with E-state index in [1.54, 1.807) is 0 Å². The highest BCUT2D eigenvalue weighted by Gasteiger charge is 2.53. The van der Waals surface area contributed by atoms with Crippen molar-refractivity contribution in [1.82, 2.24) is 0 Å². The molecule has 7 unspecified atom stereocenters. The molecule has 0 radical (unpaired) electrons. The first-order valence-corrected chi connectivity index (χ1v) is 22.9. The Morgan fingerprint density at radius 2 is 1.00 bits per heavy atom. The second-order valence-corrected chi connectivity index (χ2v) is 16.7. The number of phosphoric ester groups is 1. The van der Waals surface area contributed by atoms with E-state index in [1.165, 1.54) is 135 Å². The molecule has 0 bridgehead atoms. The van der Waals surface area contributed by atoms with E-state index >= 15 is 0 Å². The zero-order valence-electron chi connectivity index (χ0n) is 34.0. The van der Waals surface area contributed by atoms with Crippen molar-refractivity contribution in [3.05, 3.63) is 12.2 Å². The van der Waals surface area contributed by atoms with Gasteiger partial charge in [0.1, 0.15) is 43.2 Å². The fourth-order valence-electron chi connectivity index (χ4n) is 6.77. The monoisotopic (exact) mass is 809 g/mol. The van der Waals surface area contributed by atoms with Gasteiger partial charge in [-0.25, -0.2) is 4.57 Å². The maximum Gasteiger partial charge on any atom is 0.472 e. The molecule has 0 aliphatic heterocycles. The van der Waals surface area contributed by atoms with Gasteiger partial charge < -0.3 is 39.9 Å². The molecule has 0 saturated heterocycles. The Hall–Kier alpha value is -1.41. The summed E-state index contributed by atoms with van der Waals surface area (Å²) in [5.41, 5.74) is 0. The van der Waals surface area contributed by atoms with Crippen LogP contribution in [0.5, 0.6) is 0 Å². The molecule has 55 heavy (non-hydrogen) atoms. The third-order valence-electron chi connectivity index (χ3n) is 10.1. The van der Waals surface area contributed by atoms with Gasteiger partial charge in [-0.3, -0.25) is 18.6 Å². The van der Waals surface area contributed by atoms with Crippen molar-refractivity contribution in [2.75, 3.05) is 13.2 Å². The van der Waals surface area contributed by atoms with E-state index in [-0.39, 0.29) is 6.42 Å². The Morgan fingerprint density at radius 1 is 0.600 bits per heavy atom. The fraction of sp³-hybridized carbons (Fsp3) is 0.902. The van der Waals surface area contributed by atoms with Gasteiger partial charge in [-0.2, -0.15) is 0 Å². The molecular formula is C41H77O13P. The van der Waals surface area contributed by atoms with Crippen LogP contribution in [0.4, 0.5) is 0 Å². The first kappa shape index (κ1) is 51.6. The van der Waals surface area contributed by atoms with Gasteiger partial charge in [0.2, 0.25) is 0 Å². The largest absolute Gasteiger partial charge is 0.472 e. The number of allylic oxidation sites excluding steroid dienone is 2. The average molecular weight is 809 g/mol. The number of carbonyl (C=O) groups excluding carboxylic acids is 2. The maximum atomic E-state index is 12.4. The van der Waals surface area contributed by atoms with Crippen molar-refractivity contribution >= 4 is 19.8 Å². The number of unbranched alkanes of at least 4 members (excludes halogenated alkanes) is 23. The van der Waals surface area contributed by atoms with Gasteiger partial charge in [0.05, 0.1) is 6.61 Å². The second-order valence-electron chi connectivity index (χ2n) is 15.3. The van der Waals surface area contributed by atoms with Crippen molar-refractivity contribution < 1.29 is 63.1 Å². The van der Waals surface area contributed by atoms with Gasteiger partial charge in [0.25, 0.3) is 0 Å². The predicted molar refractivity (Wildman–Crippen MR) is 212 cm³/mol. The highest BCUT2D eigenvalue weighted by atomic mass is 31.2. The predicted octanol–water partition coefficient (Wildman–Crippen LogP) is 7.50. The lowest BCUT2D eigenvalue weighted by Gasteiger charge is -2.43. The van der Waals surface area contributed by atoms with E-state index in [1.807, 2.05) is 0 Å². The van der Waals surface area contributed by atoms with Crippen LogP contribution >= 0.6 is 7.82 Å². The molecular weight excluding hydrogens is 731 g/mol. The molecule has 13 nitrogen and oxygen atoms in total. The zero-order chi connectivity index (χ0) is 40.7. The van der Waals surface area contributed by atoms with Crippen LogP contribution in [0, 0.1) is 0 Å². The summed E-state index contributed by atoms with van der Waals surface area (Å²) in [6.45, 7) is 1.93. The van der Waals surface area contributed by atoms with Crippen LogP contribution in [0.25, 0.3) is 0 Å². The van der Waals surface area contributed by atoms with Gasteiger partial charge >= 0.3 is 19.8 Å². The van der Waals surface area contributed by atoms with E-state index in [4.69, 9.17) is 18.5 Å². The standard InChI is InChI=1S/C41H77O13P/c1-3-4-5-6-7-8-9-10-11-12-13-14-15-16-17-18-19-20-21-22-23-24-25-26-27-28-29-30-35(44)51-31-34(43)32-52-55(49,50)54-41-39(48)37(46)36(45)38(47)40(41)53-33(2)42/h10-11,34,36-41,43,45-48H,3-9,12-32H2,1-2H3,(H,49,50)/b11-10-/t34-,36?,37?,38?,39?,40?,41?/m0/s1. The van der Waals surface area contributed by atoms with Gasteiger partial charge in [0, 0.05) is 13.3 Å². The molecule has 1 aliphatic carbocycles. The molecule has 0 spiro atoms. The molecule has 0 heterocycles. The minimum Gasteiger partial charge on any atom is -0.463 e. The van der Waals surface area contributed by atoms with Crippen LogP contribution in [0.15, 0.2) is 12.2 Å². The number of aliphatic hydroxyl groups excluding tert-OH is 5. The molecule has 8 atom stereocenters. The topological polar surface area (TPSA) is 210 Å². The lowest BCUT2D eigenvalue weighted by atomic mass is 9.85. The normalized spacial score (nSPS) is 23.1. The van der Waals surface area contributed by atoms with Gasteiger partial charge in [0.15, 0.2) is 6.10 Å². The molecule has 0 amide bonds. The number of carbonyl (C=O) groups is 2. The molecule has 1 rings (SSSR count). The lowest BCUT2D eigenvalue weighted by molar-refractivity contribution is -0.230. The summed E-state index contributed by atoms with van der Waals surface area (Å²) in [4.78, 5) is 33.5. The minimum atomic E-state index is -5.07.